The monoisotopic (exact) mass is 272 g/mol. The number of ketones is 1. The summed E-state index contributed by atoms with van der Waals surface area (Å²) in [7, 11) is 1.32. The lowest BCUT2D eigenvalue weighted by Gasteiger charge is -2.03. The first-order chi connectivity index (χ1) is 9.11. The smallest absolute Gasteiger partial charge is 0.337 e. The number of hydrogen-bond donors (Lipinski definition) is 1. The van der Waals surface area contributed by atoms with Gasteiger partial charge in [-0.1, -0.05) is 12.1 Å². The average molecular weight is 272 g/mol. The molecule has 0 heterocycles. The topological polar surface area (TPSA) is 43.4 Å². The van der Waals surface area contributed by atoms with Gasteiger partial charge in [-0.25, -0.2) is 4.79 Å². The minimum atomic E-state index is -0.418. The van der Waals surface area contributed by atoms with Crippen molar-refractivity contribution in [2.75, 3.05) is 7.11 Å². The molecule has 0 aliphatic rings. The number of rotatable bonds is 3. The van der Waals surface area contributed by atoms with Gasteiger partial charge in [0.1, 0.15) is 0 Å². The molecule has 4 heteroatoms. The zero-order valence-electron chi connectivity index (χ0n) is 10.3. The summed E-state index contributed by atoms with van der Waals surface area (Å²) in [6.45, 7) is 0. The Kier molecular flexibility index (Phi) is 4.02. The van der Waals surface area contributed by atoms with E-state index in [1.165, 1.54) is 7.11 Å². The highest BCUT2D eigenvalue weighted by molar-refractivity contribution is 7.80. The molecular formula is C15H12O3S. The van der Waals surface area contributed by atoms with Crippen molar-refractivity contribution in [2.24, 2.45) is 0 Å². The third-order valence-corrected chi connectivity index (χ3v) is 3.00. The summed E-state index contributed by atoms with van der Waals surface area (Å²) in [6, 6.07) is 13.3. The second-order valence-corrected chi connectivity index (χ2v) is 4.46. The summed E-state index contributed by atoms with van der Waals surface area (Å²) in [6.07, 6.45) is 0. The van der Waals surface area contributed by atoms with Gasteiger partial charge in [0.15, 0.2) is 5.78 Å². The lowest BCUT2D eigenvalue weighted by molar-refractivity contribution is 0.0600. The molecule has 0 amide bonds. The van der Waals surface area contributed by atoms with Crippen LogP contribution in [0.4, 0.5) is 0 Å². The van der Waals surface area contributed by atoms with E-state index in [9.17, 15) is 9.59 Å². The first-order valence-corrected chi connectivity index (χ1v) is 6.08. The molecule has 0 bridgehead atoms. The van der Waals surface area contributed by atoms with E-state index in [0.29, 0.717) is 16.7 Å². The molecule has 3 nitrogen and oxygen atoms in total. The van der Waals surface area contributed by atoms with Crippen LogP contribution < -0.4 is 0 Å². The lowest BCUT2D eigenvalue weighted by Crippen LogP contribution is -2.04. The van der Waals surface area contributed by atoms with Gasteiger partial charge in [-0.05, 0) is 36.4 Å². The molecule has 2 rings (SSSR count). The molecular weight excluding hydrogens is 260 g/mol. The Labute approximate surface area is 116 Å². The van der Waals surface area contributed by atoms with Crippen LogP contribution in [0.2, 0.25) is 0 Å². The highest BCUT2D eigenvalue weighted by Crippen LogP contribution is 2.14. The van der Waals surface area contributed by atoms with Crippen molar-refractivity contribution in [3.8, 4) is 0 Å². The maximum absolute atomic E-state index is 12.2. The van der Waals surface area contributed by atoms with Gasteiger partial charge in [-0.15, -0.1) is 12.6 Å². The Balaban J connectivity index is 2.25. The molecule has 19 heavy (non-hydrogen) atoms. The van der Waals surface area contributed by atoms with E-state index in [1.807, 2.05) is 0 Å². The summed E-state index contributed by atoms with van der Waals surface area (Å²) in [5.74, 6) is -0.511. The Morgan fingerprint density at radius 2 is 1.26 bits per heavy atom. The normalized spacial score (nSPS) is 10.0. The van der Waals surface area contributed by atoms with Gasteiger partial charge < -0.3 is 4.74 Å². The van der Waals surface area contributed by atoms with Crippen molar-refractivity contribution in [1.82, 2.24) is 0 Å². The number of benzene rings is 2. The molecule has 0 spiro atoms. The summed E-state index contributed by atoms with van der Waals surface area (Å²) >= 11 is 4.17. The van der Waals surface area contributed by atoms with E-state index in [1.54, 1.807) is 48.5 Å². The van der Waals surface area contributed by atoms with E-state index in [2.05, 4.69) is 17.4 Å². The fraction of sp³-hybridized carbons (Fsp3) is 0.0667. The van der Waals surface area contributed by atoms with Crippen LogP contribution in [0.1, 0.15) is 26.3 Å². The lowest BCUT2D eigenvalue weighted by atomic mass is 10.0. The third kappa shape index (κ3) is 3.03. The maximum atomic E-state index is 12.2. The van der Waals surface area contributed by atoms with Crippen LogP contribution in [0.5, 0.6) is 0 Å². The molecule has 0 N–H and O–H groups in total. The molecule has 0 atom stereocenters. The van der Waals surface area contributed by atoms with Crippen LogP contribution in [0, 0.1) is 0 Å². The number of carbonyl (C=O) groups is 2. The van der Waals surface area contributed by atoms with E-state index >= 15 is 0 Å². The molecule has 0 saturated heterocycles. The maximum Gasteiger partial charge on any atom is 0.337 e. The second-order valence-electron chi connectivity index (χ2n) is 3.94. The van der Waals surface area contributed by atoms with Gasteiger partial charge >= 0.3 is 5.97 Å². The first-order valence-electron chi connectivity index (χ1n) is 5.64. The van der Waals surface area contributed by atoms with E-state index < -0.39 is 5.97 Å². The fourth-order valence-electron chi connectivity index (χ4n) is 1.66. The molecule has 0 fully saturated rings. The van der Waals surface area contributed by atoms with Crippen molar-refractivity contribution in [3.63, 3.8) is 0 Å². The van der Waals surface area contributed by atoms with Gasteiger partial charge in [-0.2, -0.15) is 0 Å². The predicted molar refractivity (Wildman–Crippen MR) is 74.9 cm³/mol. The average Bonchev–Trinajstić information content (AvgIpc) is 2.46. The van der Waals surface area contributed by atoms with Crippen LogP contribution in [-0.4, -0.2) is 18.9 Å². The number of hydrogen-bond acceptors (Lipinski definition) is 4. The van der Waals surface area contributed by atoms with Crippen molar-refractivity contribution in [2.45, 2.75) is 4.90 Å². The van der Waals surface area contributed by atoms with E-state index in [4.69, 9.17) is 0 Å². The largest absolute Gasteiger partial charge is 0.465 e. The molecule has 0 aliphatic heterocycles. The van der Waals surface area contributed by atoms with Crippen molar-refractivity contribution in [3.05, 3.63) is 65.2 Å². The minimum Gasteiger partial charge on any atom is -0.465 e. The molecule has 96 valence electrons. The number of thiol groups is 1. The van der Waals surface area contributed by atoms with Gasteiger partial charge in [0, 0.05) is 16.0 Å². The third-order valence-electron chi connectivity index (χ3n) is 2.70. The number of methoxy groups -OCH3 is 1. The molecule has 0 radical (unpaired) electrons. The zero-order chi connectivity index (χ0) is 13.8. The number of ether oxygens (including phenoxy) is 1. The summed E-state index contributed by atoms with van der Waals surface area (Å²) in [5.41, 5.74) is 1.54. The molecule has 0 aromatic heterocycles. The molecule has 0 saturated carbocycles. The number of carbonyl (C=O) groups excluding carboxylic acids is 2. The zero-order valence-corrected chi connectivity index (χ0v) is 11.2. The molecule has 2 aromatic rings. The van der Waals surface area contributed by atoms with Crippen molar-refractivity contribution in [1.29, 1.82) is 0 Å². The van der Waals surface area contributed by atoms with Crippen LogP contribution >= 0.6 is 12.6 Å². The van der Waals surface area contributed by atoms with Gasteiger partial charge in [0.05, 0.1) is 12.7 Å². The fourth-order valence-corrected chi connectivity index (χ4v) is 1.80. The molecule has 0 aliphatic carbocycles. The van der Waals surface area contributed by atoms with Crippen LogP contribution in [0.25, 0.3) is 0 Å². The van der Waals surface area contributed by atoms with Crippen molar-refractivity contribution >= 4 is 24.4 Å². The van der Waals surface area contributed by atoms with E-state index in [-0.39, 0.29) is 5.78 Å². The molecule has 2 aromatic carbocycles. The summed E-state index contributed by atoms with van der Waals surface area (Å²) < 4.78 is 4.60. The summed E-state index contributed by atoms with van der Waals surface area (Å²) in [5, 5.41) is 0. The van der Waals surface area contributed by atoms with Gasteiger partial charge in [0.25, 0.3) is 0 Å². The van der Waals surface area contributed by atoms with Gasteiger partial charge in [0.2, 0.25) is 0 Å². The number of esters is 1. The summed E-state index contributed by atoms with van der Waals surface area (Å²) in [4.78, 5) is 24.3. The second kappa shape index (κ2) is 5.71. The van der Waals surface area contributed by atoms with Crippen LogP contribution in [-0.2, 0) is 4.74 Å². The highest BCUT2D eigenvalue weighted by atomic mass is 32.1. The Hall–Kier alpha value is -2.07. The van der Waals surface area contributed by atoms with Crippen LogP contribution in [0.15, 0.2) is 53.4 Å². The van der Waals surface area contributed by atoms with Gasteiger partial charge in [-0.3, -0.25) is 4.79 Å². The molecule has 0 unspecified atom stereocenters. The quantitative estimate of drug-likeness (QED) is 0.530. The minimum absolute atomic E-state index is 0.0928. The predicted octanol–water partition coefficient (Wildman–Crippen LogP) is 2.99. The standard InChI is InChI=1S/C15H12O3S/c1-18-15(17)12-4-2-10(3-5-12)14(16)11-6-8-13(19)9-7-11/h2-9,19H,1H3. The Morgan fingerprint density at radius 1 is 0.842 bits per heavy atom. The Bertz CT molecular complexity index is 600. The van der Waals surface area contributed by atoms with Crippen molar-refractivity contribution < 1.29 is 14.3 Å². The SMILES string of the molecule is COC(=O)c1ccc(C(=O)c2ccc(S)cc2)cc1. The first kappa shape index (κ1) is 13.4. The highest BCUT2D eigenvalue weighted by Gasteiger charge is 2.10. The van der Waals surface area contributed by atoms with E-state index in [0.717, 1.165) is 4.90 Å². The van der Waals surface area contributed by atoms with Crippen LogP contribution in [0.3, 0.4) is 0 Å². The Morgan fingerprint density at radius 3 is 1.74 bits per heavy atom.